The van der Waals surface area contributed by atoms with Crippen LogP contribution in [0.4, 0.5) is 19.0 Å². The number of hydrogen-bond acceptors (Lipinski definition) is 4. The highest BCUT2D eigenvalue weighted by molar-refractivity contribution is 8.00. The highest BCUT2D eigenvalue weighted by Crippen LogP contribution is 2.29. The minimum Gasteiger partial charge on any atom is -0.367 e. The van der Waals surface area contributed by atoms with Gasteiger partial charge in [0, 0.05) is 24.7 Å². The molecule has 1 heterocycles. The Hall–Kier alpha value is -0.690. The third kappa shape index (κ3) is 5.08. The first kappa shape index (κ1) is 12.4. The van der Waals surface area contributed by atoms with Crippen molar-refractivity contribution in [2.75, 3.05) is 17.6 Å². The van der Waals surface area contributed by atoms with Crippen molar-refractivity contribution >= 4 is 29.2 Å². The Morgan fingerprint density at radius 2 is 2.00 bits per heavy atom. The molecule has 0 aliphatic carbocycles. The van der Waals surface area contributed by atoms with Crippen LogP contribution in [0.3, 0.4) is 0 Å². The fourth-order valence-electron chi connectivity index (χ4n) is 0.776. The van der Waals surface area contributed by atoms with Crippen molar-refractivity contribution in [3.63, 3.8) is 0 Å². The standard InChI is InChI=1S/C7H7ClF3N3S/c8-5-6(13-2-1-12-5)14-3-4-15-7(9,10)11/h1-2H,3-4H2,(H,13,14). The van der Waals surface area contributed by atoms with Crippen LogP contribution in [-0.4, -0.2) is 27.8 Å². The summed E-state index contributed by atoms with van der Waals surface area (Å²) in [5.41, 5.74) is -4.20. The summed E-state index contributed by atoms with van der Waals surface area (Å²) in [6.45, 7) is 0.128. The van der Waals surface area contributed by atoms with Crippen LogP contribution in [0.25, 0.3) is 0 Å². The first-order valence-electron chi connectivity index (χ1n) is 3.90. The quantitative estimate of drug-likeness (QED) is 0.842. The number of nitrogens with one attached hydrogen (secondary N) is 1. The van der Waals surface area contributed by atoms with Gasteiger partial charge in [0.25, 0.3) is 0 Å². The molecular formula is C7H7ClF3N3S. The van der Waals surface area contributed by atoms with E-state index in [4.69, 9.17) is 11.6 Å². The number of halogens is 4. The summed E-state index contributed by atoms with van der Waals surface area (Å²) in [6, 6.07) is 0. The average molecular weight is 258 g/mol. The van der Waals surface area contributed by atoms with Crippen molar-refractivity contribution in [2.45, 2.75) is 5.51 Å². The van der Waals surface area contributed by atoms with E-state index in [9.17, 15) is 13.2 Å². The molecule has 1 N–H and O–H groups in total. The van der Waals surface area contributed by atoms with Gasteiger partial charge in [-0.05, 0) is 11.8 Å². The molecule has 1 aromatic heterocycles. The molecule has 0 fully saturated rings. The SMILES string of the molecule is FC(F)(F)SCCNc1nccnc1Cl. The molecule has 0 radical (unpaired) electrons. The molecule has 0 saturated heterocycles. The highest BCUT2D eigenvalue weighted by Gasteiger charge is 2.27. The van der Waals surface area contributed by atoms with Crippen LogP contribution in [0.5, 0.6) is 0 Å². The normalized spacial score (nSPS) is 11.5. The number of nitrogens with zero attached hydrogens (tertiary/aromatic N) is 2. The second kappa shape index (κ2) is 5.41. The minimum atomic E-state index is -4.20. The van der Waals surface area contributed by atoms with Gasteiger partial charge in [0.1, 0.15) is 0 Å². The summed E-state index contributed by atoms with van der Waals surface area (Å²) < 4.78 is 35.2. The molecular weight excluding hydrogens is 251 g/mol. The number of aromatic nitrogens is 2. The molecule has 0 atom stereocenters. The van der Waals surface area contributed by atoms with Crippen molar-refractivity contribution in [3.8, 4) is 0 Å². The molecule has 0 aromatic carbocycles. The number of anilines is 1. The van der Waals surface area contributed by atoms with Gasteiger partial charge in [-0.2, -0.15) is 13.2 Å². The fraction of sp³-hybridized carbons (Fsp3) is 0.429. The number of thioether (sulfide) groups is 1. The summed E-state index contributed by atoms with van der Waals surface area (Å²) in [7, 11) is 0. The maximum atomic E-state index is 11.7. The van der Waals surface area contributed by atoms with Crippen LogP contribution in [-0.2, 0) is 0 Å². The van der Waals surface area contributed by atoms with Crippen LogP contribution in [0.1, 0.15) is 0 Å². The molecule has 0 saturated carbocycles. The van der Waals surface area contributed by atoms with E-state index in [1.165, 1.54) is 12.4 Å². The van der Waals surface area contributed by atoms with Crippen molar-refractivity contribution < 1.29 is 13.2 Å². The Morgan fingerprint density at radius 3 is 2.60 bits per heavy atom. The lowest BCUT2D eigenvalue weighted by Gasteiger charge is -2.07. The van der Waals surface area contributed by atoms with Crippen LogP contribution >= 0.6 is 23.4 Å². The smallest absolute Gasteiger partial charge is 0.367 e. The van der Waals surface area contributed by atoms with Crippen LogP contribution in [0.2, 0.25) is 5.15 Å². The van der Waals surface area contributed by atoms with Gasteiger partial charge in [0.05, 0.1) is 0 Å². The Balaban J connectivity index is 2.30. The Morgan fingerprint density at radius 1 is 1.33 bits per heavy atom. The monoisotopic (exact) mass is 257 g/mol. The fourth-order valence-corrected chi connectivity index (χ4v) is 1.38. The van der Waals surface area contributed by atoms with Crippen molar-refractivity contribution in [1.29, 1.82) is 0 Å². The first-order valence-corrected chi connectivity index (χ1v) is 5.26. The molecule has 0 amide bonds. The summed E-state index contributed by atoms with van der Waals surface area (Å²) in [5.74, 6) is 0.193. The molecule has 8 heteroatoms. The van der Waals surface area contributed by atoms with E-state index in [0.717, 1.165) is 0 Å². The Kier molecular flexibility index (Phi) is 4.46. The van der Waals surface area contributed by atoms with Gasteiger partial charge in [-0.1, -0.05) is 11.6 Å². The predicted molar refractivity (Wildman–Crippen MR) is 54.0 cm³/mol. The molecule has 15 heavy (non-hydrogen) atoms. The van der Waals surface area contributed by atoms with Crippen molar-refractivity contribution in [3.05, 3.63) is 17.5 Å². The van der Waals surface area contributed by atoms with Gasteiger partial charge in [0.2, 0.25) is 0 Å². The number of hydrogen-bond donors (Lipinski definition) is 1. The van der Waals surface area contributed by atoms with Gasteiger partial charge in [-0.15, -0.1) is 0 Å². The summed E-state index contributed by atoms with van der Waals surface area (Å²) >= 11 is 5.53. The van der Waals surface area contributed by atoms with E-state index in [2.05, 4.69) is 15.3 Å². The van der Waals surface area contributed by atoms with E-state index in [1.807, 2.05) is 0 Å². The lowest BCUT2D eigenvalue weighted by Crippen LogP contribution is -2.10. The van der Waals surface area contributed by atoms with Crippen LogP contribution in [0.15, 0.2) is 12.4 Å². The molecule has 0 bridgehead atoms. The predicted octanol–water partition coefficient (Wildman–Crippen LogP) is 2.79. The van der Waals surface area contributed by atoms with Gasteiger partial charge >= 0.3 is 5.51 Å². The third-order valence-electron chi connectivity index (χ3n) is 1.31. The highest BCUT2D eigenvalue weighted by atomic mass is 35.5. The summed E-state index contributed by atoms with van der Waals surface area (Å²) in [5, 5.41) is 2.81. The Labute approximate surface area is 93.4 Å². The van der Waals surface area contributed by atoms with Gasteiger partial charge in [-0.3, -0.25) is 0 Å². The second-order valence-electron chi connectivity index (χ2n) is 2.42. The van der Waals surface area contributed by atoms with E-state index in [-0.39, 0.29) is 29.2 Å². The maximum Gasteiger partial charge on any atom is 0.441 e. The number of rotatable bonds is 4. The lowest BCUT2D eigenvalue weighted by atomic mass is 10.6. The van der Waals surface area contributed by atoms with Gasteiger partial charge in [-0.25, -0.2) is 9.97 Å². The molecule has 1 aromatic rings. The van der Waals surface area contributed by atoms with E-state index in [0.29, 0.717) is 5.82 Å². The van der Waals surface area contributed by atoms with E-state index < -0.39 is 5.51 Å². The average Bonchev–Trinajstić information content (AvgIpc) is 2.13. The lowest BCUT2D eigenvalue weighted by molar-refractivity contribution is -0.0327. The maximum absolute atomic E-state index is 11.7. The minimum absolute atomic E-state index is 0.0951. The van der Waals surface area contributed by atoms with Crippen LogP contribution < -0.4 is 5.32 Å². The molecule has 0 aliphatic rings. The largest absolute Gasteiger partial charge is 0.441 e. The van der Waals surface area contributed by atoms with E-state index in [1.54, 1.807) is 0 Å². The summed E-state index contributed by atoms with van der Waals surface area (Å²) in [6.07, 6.45) is 2.81. The zero-order chi connectivity index (χ0) is 11.3. The summed E-state index contributed by atoms with van der Waals surface area (Å²) in [4.78, 5) is 7.53. The number of alkyl halides is 3. The van der Waals surface area contributed by atoms with Crippen LogP contribution in [0, 0.1) is 0 Å². The van der Waals surface area contributed by atoms with Crippen molar-refractivity contribution in [1.82, 2.24) is 9.97 Å². The van der Waals surface area contributed by atoms with Gasteiger partial charge < -0.3 is 5.32 Å². The zero-order valence-electron chi connectivity index (χ0n) is 7.38. The molecule has 1 rings (SSSR count). The van der Waals surface area contributed by atoms with Crippen molar-refractivity contribution in [2.24, 2.45) is 0 Å². The molecule has 84 valence electrons. The molecule has 0 spiro atoms. The van der Waals surface area contributed by atoms with E-state index >= 15 is 0 Å². The third-order valence-corrected chi connectivity index (χ3v) is 2.33. The molecule has 3 nitrogen and oxygen atoms in total. The second-order valence-corrected chi connectivity index (χ2v) is 3.93. The Bertz CT molecular complexity index is 321. The molecule has 0 aliphatic heterocycles. The topological polar surface area (TPSA) is 37.8 Å². The first-order chi connectivity index (χ1) is 6.99. The van der Waals surface area contributed by atoms with Gasteiger partial charge in [0.15, 0.2) is 11.0 Å². The zero-order valence-corrected chi connectivity index (χ0v) is 8.96. The molecule has 0 unspecified atom stereocenters.